The summed E-state index contributed by atoms with van der Waals surface area (Å²) in [5, 5.41) is 4.79. The number of hydrogen-bond acceptors (Lipinski definition) is 6. The van der Waals surface area contributed by atoms with Gasteiger partial charge in [0, 0.05) is 90.6 Å². The molecule has 2 aliphatic rings. The summed E-state index contributed by atoms with van der Waals surface area (Å²) in [4.78, 5) is 19.5. The van der Waals surface area contributed by atoms with Gasteiger partial charge in [0.1, 0.15) is 24.0 Å². The Hall–Kier alpha value is -9.79. The topological polar surface area (TPSA) is 64.2 Å². The first-order chi connectivity index (χ1) is 38.9. The minimum Gasteiger partial charge on any atom is -0.457 e. The monoisotopic (exact) mass is 1040 g/mol. The number of fused-ring (bicyclic) bond motifs is 13. The average Bonchev–Trinajstić information content (AvgIpc) is 4.31. The summed E-state index contributed by atoms with van der Waals surface area (Å²) < 4.78 is 11.9. The number of aryl methyl sites for hydroxylation is 4. The van der Waals surface area contributed by atoms with E-state index in [1.807, 2.05) is 6.20 Å². The second-order valence-corrected chi connectivity index (χ2v) is 22.7. The van der Waals surface area contributed by atoms with Crippen LogP contribution in [0.2, 0.25) is 0 Å². The van der Waals surface area contributed by atoms with Gasteiger partial charge < -0.3 is 19.1 Å². The van der Waals surface area contributed by atoms with Crippen LogP contribution in [0.15, 0.2) is 206 Å². The van der Waals surface area contributed by atoms with Gasteiger partial charge in [0.25, 0.3) is 0 Å². The Morgan fingerprint density at radius 2 is 1.05 bits per heavy atom. The highest BCUT2D eigenvalue weighted by atomic mass is 16.5. The SMILES string of the molecule is Cc1cc(-c2cccc(-c3cc(C)nc(C)c3)c2N2CN(c3cccc(Oc4ccc5c6c7c(ccc6n(-c6cc(C(C)(C)C)ccn6)c5c4)-n4c5ccccc5c5cccc(c54)-c4ccccc4-7)c3)c3ccccc32)cc(C)n1. The lowest BCUT2D eigenvalue weighted by Crippen LogP contribution is -2.25. The molecule has 386 valence electrons. The van der Waals surface area contributed by atoms with Crippen LogP contribution in [0.5, 0.6) is 11.5 Å². The first-order valence-corrected chi connectivity index (χ1v) is 27.6. The van der Waals surface area contributed by atoms with Gasteiger partial charge in [0.05, 0.1) is 44.8 Å². The van der Waals surface area contributed by atoms with Crippen LogP contribution in [-0.2, 0) is 5.41 Å². The van der Waals surface area contributed by atoms with E-state index in [9.17, 15) is 0 Å². The van der Waals surface area contributed by atoms with E-state index in [2.05, 4.69) is 268 Å². The summed E-state index contributed by atoms with van der Waals surface area (Å²) in [6, 6.07) is 72.8. The number of rotatable bonds is 7. The molecule has 0 saturated heterocycles. The third-order valence-corrected chi connectivity index (χ3v) is 16.3. The van der Waals surface area contributed by atoms with E-state index in [0.717, 1.165) is 107 Å². The minimum absolute atomic E-state index is 0.0906. The first kappa shape index (κ1) is 47.4. The second kappa shape index (κ2) is 17.9. The maximum atomic E-state index is 7.07. The Morgan fingerprint density at radius 1 is 0.438 bits per heavy atom. The van der Waals surface area contributed by atoms with Crippen molar-refractivity contribution in [2.24, 2.45) is 0 Å². The molecule has 0 atom stereocenters. The van der Waals surface area contributed by atoms with E-state index in [4.69, 9.17) is 19.7 Å². The number of anilines is 4. The van der Waals surface area contributed by atoms with Gasteiger partial charge in [-0.1, -0.05) is 118 Å². The fourth-order valence-electron chi connectivity index (χ4n) is 13.0. The quantitative estimate of drug-likeness (QED) is 0.158. The van der Waals surface area contributed by atoms with Crippen molar-refractivity contribution in [3.8, 4) is 67.5 Å². The molecule has 0 radical (unpaired) electrons. The highest BCUT2D eigenvalue weighted by Gasteiger charge is 2.33. The minimum atomic E-state index is -0.0906. The van der Waals surface area contributed by atoms with E-state index in [0.29, 0.717) is 6.67 Å². The van der Waals surface area contributed by atoms with Gasteiger partial charge >= 0.3 is 0 Å². The second-order valence-electron chi connectivity index (χ2n) is 22.7. The Kier molecular flexibility index (Phi) is 10.6. The number of aromatic nitrogens is 5. The van der Waals surface area contributed by atoms with Crippen LogP contribution in [0.25, 0.3) is 99.6 Å². The van der Waals surface area contributed by atoms with Gasteiger partial charge in [-0.25, -0.2) is 4.98 Å². The molecule has 0 bridgehead atoms. The van der Waals surface area contributed by atoms with Gasteiger partial charge in [0.15, 0.2) is 0 Å². The zero-order valence-electron chi connectivity index (χ0n) is 45.9. The summed E-state index contributed by atoms with van der Waals surface area (Å²) in [7, 11) is 0. The summed E-state index contributed by atoms with van der Waals surface area (Å²) >= 11 is 0. The fraction of sp³-hybridized carbons (Fsp3) is 0.125. The molecule has 0 saturated carbocycles. The molecule has 8 aromatic carbocycles. The van der Waals surface area contributed by atoms with Crippen LogP contribution < -0.4 is 14.5 Å². The molecular weight excluding hydrogens is 979 g/mol. The number of pyridine rings is 3. The van der Waals surface area contributed by atoms with E-state index in [1.165, 1.54) is 55.0 Å². The predicted octanol–water partition coefficient (Wildman–Crippen LogP) is 18.6. The molecule has 2 aliphatic heterocycles. The lowest BCUT2D eigenvalue weighted by Gasteiger charge is -2.27. The van der Waals surface area contributed by atoms with Crippen molar-refractivity contribution in [3.05, 3.63) is 235 Å². The third-order valence-electron chi connectivity index (χ3n) is 16.3. The highest BCUT2D eigenvalue weighted by molar-refractivity contribution is 6.23. The van der Waals surface area contributed by atoms with Gasteiger partial charge in [-0.05, 0) is 152 Å². The number of nitrogens with zero attached hydrogens (tertiary/aromatic N) is 7. The molecule has 0 spiro atoms. The van der Waals surface area contributed by atoms with Crippen LogP contribution in [-0.4, -0.2) is 30.8 Å². The Bertz CT molecular complexity index is 4620. The van der Waals surface area contributed by atoms with Crippen molar-refractivity contribution in [3.63, 3.8) is 0 Å². The van der Waals surface area contributed by atoms with Crippen molar-refractivity contribution < 1.29 is 4.74 Å². The molecule has 15 rings (SSSR count). The summed E-state index contributed by atoms with van der Waals surface area (Å²) in [5.74, 6) is 2.33. The number of hydrogen-bond donors (Lipinski definition) is 0. The molecule has 7 heterocycles. The largest absolute Gasteiger partial charge is 0.457 e. The Morgan fingerprint density at radius 3 is 1.79 bits per heavy atom. The average molecular weight is 1040 g/mol. The first-order valence-electron chi connectivity index (χ1n) is 27.6. The summed E-state index contributed by atoms with van der Waals surface area (Å²) in [6.07, 6.45) is 1.95. The molecular formula is C72H57N7O. The molecule has 13 aromatic rings. The molecule has 0 amide bonds. The van der Waals surface area contributed by atoms with Crippen LogP contribution in [0.4, 0.5) is 22.7 Å². The smallest absolute Gasteiger partial charge is 0.137 e. The van der Waals surface area contributed by atoms with Crippen molar-refractivity contribution in [1.29, 1.82) is 0 Å². The molecule has 0 fully saturated rings. The van der Waals surface area contributed by atoms with E-state index in [-0.39, 0.29) is 5.41 Å². The zero-order chi connectivity index (χ0) is 54.1. The third kappa shape index (κ3) is 7.46. The number of ether oxygens (including phenoxy) is 1. The molecule has 80 heavy (non-hydrogen) atoms. The molecule has 0 unspecified atom stereocenters. The molecule has 5 aromatic heterocycles. The summed E-state index contributed by atoms with van der Waals surface area (Å²) in [5.41, 5.74) is 24.5. The molecule has 0 aliphatic carbocycles. The van der Waals surface area contributed by atoms with Crippen molar-refractivity contribution >= 4 is 66.4 Å². The molecule has 8 nitrogen and oxygen atoms in total. The van der Waals surface area contributed by atoms with Crippen LogP contribution >= 0.6 is 0 Å². The highest BCUT2D eigenvalue weighted by Crippen LogP contribution is 2.53. The molecule has 8 heteroatoms. The number of benzene rings is 8. The maximum Gasteiger partial charge on any atom is 0.137 e. The van der Waals surface area contributed by atoms with Crippen molar-refractivity contribution in [2.45, 2.75) is 53.9 Å². The maximum absolute atomic E-state index is 7.07. The van der Waals surface area contributed by atoms with Gasteiger partial charge in [0.2, 0.25) is 0 Å². The zero-order valence-corrected chi connectivity index (χ0v) is 45.9. The van der Waals surface area contributed by atoms with Crippen LogP contribution in [0.3, 0.4) is 0 Å². The normalized spacial score (nSPS) is 12.8. The lowest BCUT2D eigenvalue weighted by atomic mass is 9.88. The van der Waals surface area contributed by atoms with Crippen molar-refractivity contribution in [2.75, 3.05) is 16.5 Å². The summed E-state index contributed by atoms with van der Waals surface area (Å²) in [6.45, 7) is 15.7. The predicted molar refractivity (Wildman–Crippen MR) is 330 cm³/mol. The van der Waals surface area contributed by atoms with E-state index in [1.54, 1.807) is 0 Å². The lowest BCUT2D eigenvalue weighted by molar-refractivity contribution is 0.483. The van der Waals surface area contributed by atoms with Gasteiger partial charge in [-0.15, -0.1) is 0 Å². The van der Waals surface area contributed by atoms with Gasteiger partial charge in [-0.3, -0.25) is 14.5 Å². The molecule has 0 N–H and O–H groups in total. The Labute approximate surface area is 465 Å². The fourth-order valence-corrected chi connectivity index (χ4v) is 13.0. The van der Waals surface area contributed by atoms with Crippen molar-refractivity contribution in [1.82, 2.24) is 24.1 Å². The van der Waals surface area contributed by atoms with E-state index < -0.39 is 0 Å². The van der Waals surface area contributed by atoms with Crippen LogP contribution in [0.1, 0.15) is 49.1 Å². The standard InChI is InChI=1S/C72H57N7O/c1-43-35-47(36-44(2)74-43)53-22-15-23-54(48-37-45(3)75-46(4)38-48)70(53)77-42-76(62-27-12-13-28-63(62)77)50-17-14-18-51(40-50)80-52-29-30-60-66(41-52)78(67-39-49(33-34-73-67)72(5,6)7)64-31-32-65-68(69(60)64)57-21-9-8-19-55(57)58-24-16-25-59-56-20-10-11-26-61(56)79(65)71(58)59/h8-41H,42H2,1-7H3. The van der Waals surface area contributed by atoms with Crippen LogP contribution in [0, 0.1) is 27.7 Å². The number of para-hydroxylation sites is 5. The Balaban J connectivity index is 0.876. The van der Waals surface area contributed by atoms with Gasteiger partial charge in [-0.2, -0.15) is 0 Å². The van der Waals surface area contributed by atoms with E-state index >= 15 is 0 Å².